The molecule has 1 saturated heterocycles. The van der Waals surface area contributed by atoms with Gasteiger partial charge in [0.15, 0.2) is 5.78 Å². The fourth-order valence-electron chi connectivity index (χ4n) is 3.53. The fraction of sp³-hybridized carbons (Fsp3) is 0.364. The summed E-state index contributed by atoms with van der Waals surface area (Å²) in [6.07, 6.45) is -4.58. The van der Waals surface area contributed by atoms with Gasteiger partial charge in [0.2, 0.25) is 5.72 Å². The van der Waals surface area contributed by atoms with Crippen LogP contribution in [-0.4, -0.2) is 35.4 Å². The van der Waals surface area contributed by atoms with Gasteiger partial charge in [0.25, 0.3) is 0 Å². The zero-order valence-corrected chi connectivity index (χ0v) is 17.0. The average Bonchev–Trinajstić information content (AvgIpc) is 2.71. The van der Waals surface area contributed by atoms with Crippen LogP contribution in [-0.2, 0) is 0 Å². The topological polar surface area (TPSA) is 87.7 Å². The molecule has 1 aliphatic heterocycles. The van der Waals surface area contributed by atoms with Crippen molar-refractivity contribution in [3.05, 3.63) is 65.2 Å². The van der Waals surface area contributed by atoms with Crippen LogP contribution in [0, 0.1) is 12.8 Å². The third-order valence-corrected chi connectivity index (χ3v) is 5.11. The molecule has 0 unspecified atom stereocenters. The van der Waals surface area contributed by atoms with Crippen LogP contribution >= 0.6 is 0 Å². The number of Topliss-reactive ketones (excluding diaryl/α,β-unsaturated/α-hetero) is 1. The minimum Gasteiger partial charge on any atom is -0.494 e. The zero-order chi connectivity index (χ0) is 22.8. The second-order valence-electron chi connectivity index (χ2n) is 7.47. The van der Waals surface area contributed by atoms with Crippen molar-refractivity contribution in [2.75, 3.05) is 6.61 Å². The molecule has 3 N–H and O–H groups in total. The Balaban J connectivity index is 2.11. The molecule has 0 aromatic heterocycles. The van der Waals surface area contributed by atoms with Gasteiger partial charge in [0, 0.05) is 5.56 Å². The highest BCUT2D eigenvalue weighted by atomic mass is 19.4. The zero-order valence-electron chi connectivity index (χ0n) is 17.0. The third kappa shape index (κ3) is 4.51. The molecular weight excluding hydrogens is 413 g/mol. The number of urea groups is 1. The van der Waals surface area contributed by atoms with Gasteiger partial charge < -0.3 is 20.5 Å². The number of aliphatic hydroxyl groups is 1. The van der Waals surface area contributed by atoms with Crippen molar-refractivity contribution >= 4 is 11.8 Å². The Morgan fingerprint density at radius 3 is 2.48 bits per heavy atom. The maximum Gasteiger partial charge on any atom is 0.437 e. The number of alkyl halides is 3. The lowest BCUT2D eigenvalue weighted by Gasteiger charge is -2.45. The molecule has 31 heavy (non-hydrogen) atoms. The van der Waals surface area contributed by atoms with E-state index in [0.29, 0.717) is 12.4 Å². The quantitative estimate of drug-likeness (QED) is 0.600. The first-order chi connectivity index (χ1) is 14.6. The number of hydrogen-bond donors (Lipinski definition) is 3. The molecular formula is C22H23F3N2O4. The number of aryl methyl sites for hydroxylation is 1. The molecule has 2 amide bonds. The maximum absolute atomic E-state index is 14.0. The van der Waals surface area contributed by atoms with E-state index in [9.17, 15) is 27.9 Å². The first-order valence-electron chi connectivity index (χ1n) is 9.78. The summed E-state index contributed by atoms with van der Waals surface area (Å²) in [5, 5.41) is 14.5. The lowest BCUT2D eigenvalue weighted by atomic mass is 9.77. The number of hydrogen-bond acceptors (Lipinski definition) is 4. The van der Waals surface area contributed by atoms with Gasteiger partial charge >= 0.3 is 12.2 Å². The van der Waals surface area contributed by atoms with Gasteiger partial charge in [0.1, 0.15) is 11.7 Å². The van der Waals surface area contributed by atoms with Crippen LogP contribution in [0.25, 0.3) is 0 Å². The first-order valence-corrected chi connectivity index (χ1v) is 9.78. The molecule has 0 saturated carbocycles. The van der Waals surface area contributed by atoms with E-state index in [1.807, 2.05) is 6.92 Å². The standard InChI is InChI=1S/C22H23F3N2O4/c1-3-11-31-16-6-4-5-15(12-16)18-17(19(28)14-9-7-13(2)8-10-14)21(30,22(23,24)25)27-20(29)26-18/h4-10,12,17-18,30H,3,11H2,1-2H3,(H2,26,27,29)/t17-,18+,21+/m0/s1. The number of halogens is 3. The highest BCUT2D eigenvalue weighted by Crippen LogP contribution is 2.44. The smallest absolute Gasteiger partial charge is 0.437 e. The van der Waals surface area contributed by atoms with Crippen LogP contribution in [0.1, 0.15) is 40.9 Å². The predicted molar refractivity (Wildman–Crippen MR) is 107 cm³/mol. The molecule has 1 heterocycles. The third-order valence-electron chi connectivity index (χ3n) is 5.11. The van der Waals surface area contributed by atoms with Gasteiger partial charge in [-0.2, -0.15) is 13.2 Å². The Kier molecular flexibility index (Phi) is 6.26. The first kappa shape index (κ1) is 22.6. The van der Waals surface area contributed by atoms with Crippen LogP contribution in [0.15, 0.2) is 48.5 Å². The second-order valence-corrected chi connectivity index (χ2v) is 7.47. The number of carbonyl (C=O) groups excluding carboxylic acids is 2. The number of carbonyl (C=O) groups is 2. The maximum atomic E-state index is 14.0. The highest BCUT2D eigenvalue weighted by Gasteiger charge is 2.66. The number of rotatable bonds is 6. The van der Waals surface area contributed by atoms with Crippen LogP contribution < -0.4 is 15.4 Å². The molecule has 0 aliphatic carbocycles. The van der Waals surface area contributed by atoms with Gasteiger partial charge in [-0.3, -0.25) is 4.79 Å². The summed E-state index contributed by atoms with van der Waals surface area (Å²) >= 11 is 0. The molecule has 1 fully saturated rings. The summed E-state index contributed by atoms with van der Waals surface area (Å²) in [4.78, 5) is 25.3. The van der Waals surface area contributed by atoms with Crippen molar-refractivity contribution in [3.8, 4) is 5.75 Å². The minimum absolute atomic E-state index is 0.0142. The van der Waals surface area contributed by atoms with Crippen LogP contribution in [0.5, 0.6) is 5.75 Å². The molecule has 2 aromatic carbocycles. The normalized spacial score (nSPS) is 23.6. The van der Waals surface area contributed by atoms with Gasteiger partial charge in [0.05, 0.1) is 12.6 Å². The van der Waals surface area contributed by atoms with Gasteiger partial charge in [-0.1, -0.05) is 48.9 Å². The Morgan fingerprint density at radius 2 is 1.87 bits per heavy atom. The number of nitrogens with one attached hydrogen (secondary N) is 2. The average molecular weight is 436 g/mol. The molecule has 2 aromatic rings. The summed E-state index contributed by atoms with van der Waals surface area (Å²) in [6, 6.07) is 9.37. The van der Waals surface area contributed by atoms with Gasteiger partial charge in [-0.25, -0.2) is 4.79 Å². The summed E-state index contributed by atoms with van der Waals surface area (Å²) in [6.45, 7) is 4.06. The minimum atomic E-state index is -5.30. The summed E-state index contributed by atoms with van der Waals surface area (Å²) in [5.74, 6) is -2.66. The molecule has 3 rings (SSSR count). The summed E-state index contributed by atoms with van der Waals surface area (Å²) < 4.78 is 47.4. The number of ketones is 1. The SMILES string of the molecule is CCCOc1cccc([C@H]2NC(=O)N[C@](O)(C(F)(F)F)[C@@H]2C(=O)c2ccc(C)cc2)c1. The fourth-order valence-corrected chi connectivity index (χ4v) is 3.53. The van der Waals surface area contributed by atoms with E-state index in [-0.39, 0.29) is 11.1 Å². The van der Waals surface area contributed by atoms with Crippen molar-refractivity contribution in [1.82, 2.24) is 10.6 Å². The molecule has 0 bridgehead atoms. The van der Waals surface area contributed by atoms with E-state index in [4.69, 9.17) is 4.74 Å². The van der Waals surface area contributed by atoms with Crippen molar-refractivity contribution in [1.29, 1.82) is 0 Å². The van der Waals surface area contributed by atoms with E-state index >= 15 is 0 Å². The molecule has 3 atom stereocenters. The Hall–Kier alpha value is -3.07. The number of ether oxygens (including phenoxy) is 1. The van der Waals surface area contributed by atoms with Crippen molar-refractivity contribution in [3.63, 3.8) is 0 Å². The monoisotopic (exact) mass is 436 g/mol. The van der Waals surface area contributed by atoms with Crippen LogP contribution in [0.4, 0.5) is 18.0 Å². The van der Waals surface area contributed by atoms with Crippen molar-refractivity contribution in [2.45, 2.75) is 38.2 Å². The van der Waals surface area contributed by atoms with Crippen molar-refractivity contribution in [2.24, 2.45) is 5.92 Å². The van der Waals surface area contributed by atoms with Gasteiger partial charge in [-0.05, 0) is 31.0 Å². The van der Waals surface area contributed by atoms with E-state index in [1.165, 1.54) is 29.6 Å². The highest BCUT2D eigenvalue weighted by molar-refractivity contribution is 6.00. The number of benzene rings is 2. The molecule has 1 aliphatic rings. The summed E-state index contributed by atoms with van der Waals surface area (Å²) in [5.41, 5.74) is -2.76. The Morgan fingerprint density at radius 1 is 1.19 bits per heavy atom. The van der Waals surface area contributed by atoms with Gasteiger partial charge in [-0.15, -0.1) is 0 Å². The van der Waals surface area contributed by atoms with E-state index in [1.54, 1.807) is 31.2 Å². The summed E-state index contributed by atoms with van der Waals surface area (Å²) in [7, 11) is 0. The van der Waals surface area contributed by atoms with Crippen molar-refractivity contribution < 1.29 is 32.6 Å². The molecule has 0 radical (unpaired) electrons. The molecule has 6 nitrogen and oxygen atoms in total. The Bertz CT molecular complexity index is 962. The Labute approximate surface area is 177 Å². The molecule has 0 spiro atoms. The largest absolute Gasteiger partial charge is 0.494 e. The number of amides is 2. The molecule has 166 valence electrons. The van der Waals surface area contributed by atoms with Crippen LogP contribution in [0.2, 0.25) is 0 Å². The van der Waals surface area contributed by atoms with E-state index < -0.39 is 35.7 Å². The van der Waals surface area contributed by atoms with E-state index in [0.717, 1.165) is 12.0 Å². The lowest BCUT2D eigenvalue weighted by Crippen LogP contribution is -2.72. The molecule has 9 heteroatoms. The van der Waals surface area contributed by atoms with Crippen LogP contribution in [0.3, 0.4) is 0 Å². The van der Waals surface area contributed by atoms with E-state index in [2.05, 4.69) is 5.32 Å². The predicted octanol–water partition coefficient (Wildman–Crippen LogP) is 3.89. The second kappa shape index (κ2) is 8.58. The lowest BCUT2D eigenvalue weighted by molar-refractivity contribution is -0.287.